The maximum Gasteiger partial charge on any atom is 0.233 e. The van der Waals surface area contributed by atoms with Crippen LogP contribution in [-0.2, 0) is 9.53 Å². The lowest BCUT2D eigenvalue weighted by Crippen LogP contribution is -2.42. The molecule has 14 heavy (non-hydrogen) atoms. The number of hydrogen-bond donors (Lipinski definition) is 1. The van der Waals surface area contributed by atoms with Gasteiger partial charge in [0.15, 0.2) is 0 Å². The number of halogens is 1. The lowest BCUT2D eigenvalue weighted by atomic mass is 9.93. The van der Waals surface area contributed by atoms with Crippen LogP contribution in [0.4, 0.5) is 0 Å². The first-order valence-electron chi connectivity index (χ1n) is 5.13. The summed E-state index contributed by atoms with van der Waals surface area (Å²) in [4.78, 5) is 11.3. The maximum atomic E-state index is 11.4. The quantitative estimate of drug-likeness (QED) is 0.788. The van der Waals surface area contributed by atoms with Gasteiger partial charge in [0.2, 0.25) is 5.91 Å². The first kappa shape index (κ1) is 12.0. The van der Waals surface area contributed by atoms with Crippen molar-refractivity contribution in [3.63, 3.8) is 0 Å². The summed E-state index contributed by atoms with van der Waals surface area (Å²) in [6.45, 7) is 5.57. The highest BCUT2D eigenvalue weighted by Crippen LogP contribution is 2.18. The van der Waals surface area contributed by atoms with Gasteiger partial charge in [0, 0.05) is 19.3 Å². The van der Waals surface area contributed by atoms with Gasteiger partial charge in [-0.1, -0.05) is 15.9 Å². The average Bonchev–Trinajstić information content (AvgIpc) is 2.19. The van der Waals surface area contributed by atoms with Crippen molar-refractivity contribution in [2.24, 2.45) is 5.92 Å². The molecule has 0 aromatic rings. The molecule has 82 valence electrons. The standard InChI is InChI=1S/C10H18BrNO2/c1-7(11)10(13)12-8(2)9-3-5-14-6-4-9/h7-9H,3-6H2,1-2H3,(H,12,13). The van der Waals surface area contributed by atoms with Crippen molar-refractivity contribution in [1.82, 2.24) is 5.32 Å². The van der Waals surface area contributed by atoms with Crippen LogP contribution in [0.15, 0.2) is 0 Å². The van der Waals surface area contributed by atoms with E-state index in [4.69, 9.17) is 4.74 Å². The molecule has 1 aliphatic heterocycles. The zero-order valence-electron chi connectivity index (χ0n) is 8.75. The molecule has 1 fully saturated rings. The van der Waals surface area contributed by atoms with E-state index >= 15 is 0 Å². The van der Waals surface area contributed by atoms with Gasteiger partial charge in [-0.3, -0.25) is 4.79 Å². The molecule has 4 heteroatoms. The summed E-state index contributed by atoms with van der Waals surface area (Å²) in [6, 6.07) is 0.256. The number of carbonyl (C=O) groups excluding carboxylic acids is 1. The SMILES string of the molecule is CC(Br)C(=O)NC(C)C1CCOCC1. The summed E-state index contributed by atoms with van der Waals surface area (Å²) in [5, 5.41) is 3.01. The molecule has 0 spiro atoms. The number of rotatable bonds is 3. The molecule has 1 amide bonds. The highest BCUT2D eigenvalue weighted by atomic mass is 79.9. The minimum absolute atomic E-state index is 0.0731. The van der Waals surface area contributed by atoms with Crippen LogP contribution in [-0.4, -0.2) is 30.0 Å². The molecular weight excluding hydrogens is 246 g/mol. The molecule has 1 aliphatic rings. The largest absolute Gasteiger partial charge is 0.381 e. The fourth-order valence-corrected chi connectivity index (χ4v) is 1.81. The molecule has 1 saturated heterocycles. The smallest absolute Gasteiger partial charge is 0.233 e. The summed E-state index contributed by atoms with van der Waals surface area (Å²) in [6.07, 6.45) is 2.11. The molecule has 0 aromatic heterocycles. The third-order valence-electron chi connectivity index (χ3n) is 2.70. The van der Waals surface area contributed by atoms with Crippen molar-refractivity contribution in [2.75, 3.05) is 13.2 Å². The van der Waals surface area contributed by atoms with E-state index in [2.05, 4.69) is 28.2 Å². The third-order valence-corrected chi connectivity index (χ3v) is 3.12. The Morgan fingerprint density at radius 1 is 1.43 bits per heavy atom. The van der Waals surface area contributed by atoms with E-state index < -0.39 is 0 Å². The van der Waals surface area contributed by atoms with E-state index in [1.54, 1.807) is 0 Å². The molecular formula is C10H18BrNO2. The molecule has 0 bridgehead atoms. The zero-order valence-corrected chi connectivity index (χ0v) is 10.3. The van der Waals surface area contributed by atoms with Crippen molar-refractivity contribution >= 4 is 21.8 Å². The summed E-state index contributed by atoms with van der Waals surface area (Å²) in [5.41, 5.74) is 0. The van der Waals surface area contributed by atoms with Crippen molar-refractivity contribution in [1.29, 1.82) is 0 Å². The average molecular weight is 264 g/mol. The van der Waals surface area contributed by atoms with Gasteiger partial charge >= 0.3 is 0 Å². The fraction of sp³-hybridized carbons (Fsp3) is 0.900. The Bertz CT molecular complexity index is 191. The molecule has 0 aromatic carbocycles. The molecule has 2 unspecified atom stereocenters. The van der Waals surface area contributed by atoms with Gasteiger partial charge in [0.1, 0.15) is 0 Å². The van der Waals surface area contributed by atoms with Crippen molar-refractivity contribution in [3.05, 3.63) is 0 Å². The number of carbonyl (C=O) groups is 1. The van der Waals surface area contributed by atoms with E-state index in [9.17, 15) is 4.79 Å². The second-order valence-electron chi connectivity index (χ2n) is 3.86. The number of nitrogens with one attached hydrogen (secondary N) is 1. The van der Waals surface area contributed by atoms with Gasteiger partial charge in [-0.05, 0) is 32.6 Å². The molecule has 0 aliphatic carbocycles. The van der Waals surface area contributed by atoms with Crippen molar-refractivity contribution < 1.29 is 9.53 Å². The normalized spacial score (nSPS) is 22.8. The molecule has 1 heterocycles. The Labute approximate surface area is 93.7 Å². The van der Waals surface area contributed by atoms with Crippen molar-refractivity contribution in [2.45, 2.75) is 37.6 Å². The van der Waals surface area contributed by atoms with E-state index in [0.717, 1.165) is 26.1 Å². The summed E-state index contributed by atoms with van der Waals surface area (Å²) < 4.78 is 5.28. The van der Waals surface area contributed by atoms with Crippen LogP contribution in [0.3, 0.4) is 0 Å². The number of alkyl halides is 1. The molecule has 0 saturated carbocycles. The van der Waals surface area contributed by atoms with Crippen LogP contribution in [0.1, 0.15) is 26.7 Å². The Morgan fingerprint density at radius 2 is 2.00 bits per heavy atom. The van der Waals surface area contributed by atoms with Gasteiger partial charge in [0.25, 0.3) is 0 Å². The summed E-state index contributed by atoms with van der Waals surface area (Å²) in [5.74, 6) is 0.642. The number of amides is 1. The Hall–Kier alpha value is -0.0900. The Balaban J connectivity index is 2.32. The van der Waals surface area contributed by atoms with Gasteiger partial charge < -0.3 is 10.1 Å². The van der Waals surface area contributed by atoms with E-state index in [-0.39, 0.29) is 16.8 Å². The van der Waals surface area contributed by atoms with Crippen LogP contribution in [0.25, 0.3) is 0 Å². The summed E-state index contributed by atoms with van der Waals surface area (Å²) in [7, 11) is 0. The monoisotopic (exact) mass is 263 g/mol. The van der Waals surface area contributed by atoms with Crippen LogP contribution in [0.2, 0.25) is 0 Å². The van der Waals surface area contributed by atoms with Crippen LogP contribution in [0, 0.1) is 5.92 Å². The molecule has 1 N–H and O–H groups in total. The fourth-order valence-electron chi connectivity index (χ4n) is 1.67. The number of ether oxygens (including phenoxy) is 1. The highest BCUT2D eigenvalue weighted by molar-refractivity contribution is 9.10. The zero-order chi connectivity index (χ0) is 10.6. The first-order chi connectivity index (χ1) is 6.61. The number of hydrogen-bond acceptors (Lipinski definition) is 2. The predicted molar refractivity (Wildman–Crippen MR) is 59.5 cm³/mol. The lowest BCUT2D eigenvalue weighted by molar-refractivity contribution is -0.121. The molecule has 2 atom stereocenters. The highest BCUT2D eigenvalue weighted by Gasteiger charge is 2.22. The minimum Gasteiger partial charge on any atom is -0.381 e. The second kappa shape index (κ2) is 5.71. The molecule has 1 rings (SSSR count). The predicted octanol–water partition coefficient (Wildman–Crippen LogP) is 1.70. The minimum atomic E-state index is -0.107. The second-order valence-corrected chi connectivity index (χ2v) is 5.24. The third kappa shape index (κ3) is 3.58. The molecule has 3 nitrogen and oxygen atoms in total. The van der Waals surface area contributed by atoms with E-state index in [0.29, 0.717) is 5.92 Å². The van der Waals surface area contributed by atoms with Gasteiger partial charge in [-0.15, -0.1) is 0 Å². The van der Waals surface area contributed by atoms with Gasteiger partial charge in [0.05, 0.1) is 4.83 Å². The van der Waals surface area contributed by atoms with E-state index in [1.165, 1.54) is 0 Å². The van der Waals surface area contributed by atoms with Gasteiger partial charge in [-0.2, -0.15) is 0 Å². The maximum absolute atomic E-state index is 11.4. The Kier molecular flexibility index (Phi) is 4.89. The Morgan fingerprint density at radius 3 is 2.50 bits per heavy atom. The topological polar surface area (TPSA) is 38.3 Å². The van der Waals surface area contributed by atoms with Crippen molar-refractivity contribution in [3.8, 4) is 0 Å². The molecule has 0 radical (unpaired) electrons. The summed E-state index contributed by atoms with van der Waals surface area (Å²) >= 11 is 3.26. The lowest BCUT2D eigenvalue weighted by Gasteiger charge is -2.28. The van der Waals surface area contributed by atoms with Crippen LogP contribution < -0.4 is 5.32 Å². The van der Waals surface area contributed by atoms with Crippen LogP contribution in [0.5, 0.6) is 0 Å². The van der Waals surface area contributed by atoms with E-state index in [1.807, 2.05) is 6.92 Å². The van der Waals surface area contributed by atoms with Crippen LogP contribution >= 0.6 is 15.9 Å². The van der Waals surface area contributed by atoms with Gasteiger partial charge in [-0.25, -0.2) is 0 Å². The first-order valence-corrected chi connectivity index (χ1v) is 6.05.